The van der Waals surface area contributed by atoms with Crippen LogP contribution in [0.2, 0.25) is 0 Å². The molecule has 2 aliphatic rings. The second kappa shape index (κ2) is 6.13. The van der Waals surface area contributed by atoms with Gasteiger partial charge in [0, 0.05) is 29.5 Å². The van der Waals surface area contributed by atoms with Gasteiger partial charge in [-0.15, -0.1) is 11.3 Å². The highest BCUT2D eigenvalue weighted by atomic mass is 32.1. The minimum atomic E-state index is -0.0375. The van der Waals surface area contributed by atoms with E-state index in [1.165, 1.54) is 17.5 Å². The molecule has 26 heavy (non-hydrogen) atoms. The molecule has 0 saturated carbocycles. The summed E-state index contributed by atoms with van der Waals surface area (Å²) in [6, 6.07) is 4.49. The second-order valence-electron chi connectivity index (χ2n) is 6.98. The summed E-state index contributed by atoms with van der Waals surface area (Å²) >= 11 is 1.63. The monoisotopic (exact) mass is 367 g/mol. The normalized spacial score (nSPS) is 19.1. The summed E-state index contributed by atoms with van der Waals surface area (Å²) in [5.74, 6) is 0.952. The lowest BCUT2D eigenvalue weighted by Gasteiger charge is -2.20. The molecule has 0 fully saturated rings. The quantitative estimate of drug-likeness (QED) is 0.772. The zero-order chi connectivity index (χ0) is 17.7. The fraction of sp³-hybridized carbons (Fsp3) is 0.400. The van der Waals surface area contributed by atoms with Crippen LogP contribution in [0.25, 0.3) is 4.96 Å². The molecule has 1 aliphatic carbocycles. The van der Waals surface area contributed by atoms with Gasteiger partial charge in [0.2, 0.25) is 5.91 Å². The molecule has 0 saturated heterocycles. The summed E-state index contributed by atoms with van der Waals surface area (Å²) in [4.78, 5) is 18.2. The summed E-state index contributed by atoms with van der Waals surface area (Å²) in [7, 11) is 0. The third kappa shape index (κ3) is 2.43. The number of carbonyl (C=O) groups excluding carboxylic acids is 1. The van der Waals surface area contributed by atoms with E-state index in [4.69, 9.17) is 9.72 Å². The van der Waals surface area contributed by atoms with Crippen molar-refractivity contribution in [1.82, 2.24) is 14.7 Å². The van der Waals surface area contributed by atoms with Crippen LogP contribution in [0.5, 0.6) is 5.75 Å². The lowest BCUT2D eigenvalue weighted by Crippen LogP contribution is -2.21. The largest absolute Gasteiger partial charge is 0.494 e. The van der Waals surface area contributed by atoms with E-state index in [9.17, 15) is 4.79 Å². The Bertz CT molecular complexity index is 1000. The molecule has 0 radical (unpaired) electrons. The number of ether oxygens (including phenoxy) is 1. The third-order valence-corrected chi connectivity index (χ3v) is 6.20. The predicted octanol–water partition coefficient (Wildman–Crippen LogP) is 3.44. The van der Waals surface area contributed by atoms with E-state index in [-0.39, 0.29) is 11.8 Å². The number of nitrogens with zero attached hydrogens (tertiary/aromatic N) is 2. The van der Waals surface area contributed by atoms with Crippen molar-refractivity contribution in [2.45, 2.75) is 45.1 Å². The van der Waals surface area contributed by atoms with Crippen LogP contribution in [0.4, 0.5) is 0 Å². The molecule has 134 valence electrons. The number of fused-ring (bicyclic) bond motifs is 4. The minimum absolute atomic E-state index is 0.0375. The molecule has 2 aromatic heterocycles. The second-order valence-corrected chi connectivity index (χ2v) is 7.85. The number of benzene rings is 1. The Hall–Kier alpha value is -2.34. The minimum Gasteiger partial charge on any atom is -0.494 e. The van der Waals surface area contributed by atoms with Gasteiger partial charge in [-0.3, -0.25) is 9.20 Å². The van der Waals surface area contributed by atoms with Crippen LogP contribution in [0.1, 0.15) is 53.8 Å². The molecule has 0 unspecified atom stereocenters. The van der Waals surface area contributed by atoms with Crippen molar-refractivity contribution in [3.05, 3.63) is 51.8 Å². The van der Waals surface area contributed by atoms with Gasteiger partial charge in [-0.1, -0.05) is 6.07 Å². The Kier molecular flexibility index (Phi) is 3.74. The van der Waals surface area contributed by atoms with Crippen molar-refractivity contribution in [2.24, 2.45) is 0 Å². The van der Waals surface area contributed by atoms with Gasteiger partial charge in [0.1, 0.15) is 5.75 Å². The summed E-state index contributed by atoms with van der Waals surface area (Å²) in [5.41, 5.74) is 6.01. The standard InChI is InChI=1S/C20H21N3O2S/c1-2-25-17-9-13-5-3-4-12(13)8-14(17)15-10-18(24)21-11-16-19(15)23-6-7-26-20(23)22-16/h6-9,15H,2-5,10-11H2,1H3,(H,21,24)/t15-/m1/s1. The molecule has 3 heterocycles. The Labute approximate surface area is 156 Å². The number of hydrogen-bond donors (Lipinski definition) is 1. The van der Waals surface area contributed by atoms with E-state index in [0.29, 0.717) is 19.6 Å². The fourth-order valence-corrected chi connectivity index (χ4v) is 5.05. The summed E-state index contributed by atoms with van der Waals surface area (Å²) in [6.45, 7) is 3.13. The summed E-state index contributed by atoms with van der Waals surface area (Å²) in [5, 5.41) is 5.05. The average Bonchev–Trinajstić information content (AvgIpc) is 3.31. The summed E-state index contributed by atoms with van der Waals surface area (Å²) < 4.78 is 8.16. The van der Waals surface area contributed by atoms with Gasteiger partial charge in [-0.2, -0.15) is 0 Å². The predicted molar refractivity (Wildman–Crippen MR) is 101 cm³/mol. The Morgan fingerprint density at radius 3 is 3.04 bits per heavy atom. The van der Waals surface area contributed by atoms with Crippen molar-refractivity contribution in [1.29, 1.82) is 0 Å². The van der Waals surface area contributed by atoms with Crippen LogP contribution in [0.3, 0.4) is 0 Å². The summed E-state index contributed by atoms with van der Waals surface area (Å²) in [6.07, 6.45) is 5.91. The van der Waals surface area contributed by atoms with Crippen LogP contribution in [0, 0.1) is 0 Å². The molecule has 5 nitrogen and oxygen atoms in total. The highest BCUT2D eigenvalue weighted by Crippen LogP contribution is 2.41. The Morgan fingerprint density at radius 1 is 1.35 bits per heavy atom. The topological polar surface area (TPSA) is 55.6 Å². The highest BCUT2D eigenvalue weighted by molar-refractivity contribution is 7.15. The van der Waals surface area contributed by atoms with E-state index < -0.39 is 0 Å². The molecular weight excluding hydrogens is 346 g/mol. The van der Waals surface area contributed by atoms with Gasteiger partial charge < -0.3 is 10.1 Å². The first-order valence-electron chi connectivity index (χ1n) is 9.24. The number of aryl methyl sites for hydroxylation is 2. The van der Waals surface area contributed by atoms with Crippen molar-refractivity contribution >= 4 is 22.2 Å². The molecule has 6 heteroatoms. The molecule has 0 spiro atoms. The number of aromatic nitrogens is 2. The van der Waals surface area contributed by atoms with Gasteiger partial charge in [0.05, 0.1) is 24.5 Å². The van der Waals surface area contributed by atoms with Crippen molar-refractivity contribution in [3.8, 4) is 5.75 Å². The Morgan fingerprint density at radius 2 is 2.19 bits per heavy atom. The molecule has 0 bridgehead atoms. The fourth-order valence-electron chi connectivity index (χ4n) is 4.31. The lowest BCUT2D eigenvalue weighted by atomic mass is 9.88. The van der Waals surface area contributed by atoms with Gasteiger partial charge >= 0.3 is 0 Å². The van der Waals surface area contributed by atoms with Gasteiger partial charge in [0.25, 0.3) is 0 Å². The Balaban J connectivity index is 1.72. The van der Waals surface area contributed by atoms with Gasteiger partial charge in [-0.05, 0) is 43.4 Å². The smallest absolute Gasteiger partial charge is 0.221 e. The van der Waals surface area contributed by atoms with Gasteiger partial charge in [-0.25, -0.2) is 4.98 Å². The number of thiazole rings is 1. The zero-order valence-corrected chi connectivity index (χ0v) is 15.6. The van der Waals surface area contributed by atoms with Gasteiger partial charge in [0.15, 0.2) is 4.96 Å². The maximum atomic E-state index is 12.4. The molecule has 3 aromatic rings. The van der Waals surface area contributed by atoms with Crippen LogP contribution >= 0.6 is 11.3 Å². The first-order valence-corrected chi connectivity index (χ1v) is 10.1. The molecule has 1 amide bonds. The van der Waals surface area contributed by atoms with E-state index >= 15 is 0 Å². The van der Waals surface area contributed by atoms with Crippen LogP contribution in [0.15, 0.2) is 23.7 Å². The highest BCUT2D eigenvalue weighted by Gasteiger charge is 2.32. The molecule has 1 aliphatic heterocycles. The van der Waals surface area contributed by atoms with Crippen molar-refractivity contribution in [3.63, 3.8) is 0 Å². The van der Waals surface area contributed by atoms with Crippen LogP contribution in [-0.4, -0.2) is 21.9 Å². The molecule has 1 N–H and O–H groups in total. The molecule has 5 rings (SSSR count). The number of imidazole rings is 1. The van der Waals surface area contributed by atoms with E-state index in [0.717, 1.165) is 40.5 Å². The number of rotatable bonds is 3. The first-order chi connectivity index (χ1) is 12.7. The molecule has 1 aromatic carbocycles. The lowest BCUT2D eigenvalue weighted by molar-refractivity contribution is -0.121. The third-order valence-electron chi connectivity index (χ3n) is 5.45. The van der Waals surface area contributed by atoms with E-state index in [1.54, 1.807) is 11.3 Å². The van der Waals surface area contributed by atoms with Crippen molar-refractivity contribution in [2.75, 3.05) is 6.61 Å². The van der Waals surface area contributed by atoms with E-state index in [1.807, 2.05) is 12.3 Å². The number of amides is 1. The zero-order valence-electron chi connectivity index (χ0n) is 14.7. The number of hydrogen-bond acceptors (Lipinski definition) is 4. The SMILES string of the molecule is CCOc1cc2c(cc1[C@H]1CC(=O)NCc3nc4sccn4c31)CCC2. The van der Waals surface area contributed by atoms with Crippen LogP contribution in [-0.2, 0) is 24.2 Å². The molecular formula is C20H21N3O2S. The average molecular weight is 367 g/mol. The maximum Gasteiger partial charge on any atom is 0.221 e. The number of carbonyl (C=O) groups is 1. The van der Waals surface area contributed by atoms with Crippen molar-refractivity contribution < 1.29 is 9.53 Å². The maximum absolute atomic E-state index is 12.4. The number of nitrogens with one attached hydrogen (secondary N) is 1. The molecule has 1 atom stereocenters. The first kappa shape index (κ1) is 15.9. The van der Waals surface area contributed by atoms with E-state index in [2.05, 4.69) is 28.0 Å². The van der Waals surface area contributed by atoms with Crippen LogP contribution < -0.4 is 10.1 Å².